The van der Waals surface area contributed by atoms with Crippen molar-refractivity contribution < 1.29 is 19.4 Å². The van der Waals surface area contributed by atoms with E-state index in [-0.39, 0.29) is 18.4 Å². The molecule has 0 saturated heterocycles. The number of nitrogens with zero attached hydrogens (tertiary/aromatic N) is 1. The fourth-order valence-electron chi connectivity index (χ4n) is 4.81. The lowest BCUT2D eigenvalue weighted by Crippen LogP contribution is -2.39. The number of aliphatic carboxylic acids is 1. The highest BCUT2D eigenvalue weighted by atomic mass is 16.5. The molecular weight excluding hydrogens is 378 g/mol. The Bertz CT molecular complexity index is 1030. The first-order valence-electron chi connectivity index (χ1n) is 10.4. The van der Waals surface area contributed by atoms with Gasteiger partial charge in [-0.15, -0.1) is 0 Å². The van der Waals surface area contributed by atoms with Gasteiger partial charge < -0.3 is 14.4 Å². The van der Waals surface area contributed by atoms with Gasteiger partial charge in [-0.1, -0.05) is 43.3 Å². The molecule has 2 atom stereocenters. The maximum atomic E-state index is 12.9. The highest BCUT2D eigenvalue weighted by Crippen LogP contribution is 2.44. The molecule has 1 heterocycles. The summed E-state index contributed by atoms with van der Waals surface area (Å²) in [6.45, 7) is 7.27. The van der Waals surface area contributed by atoms with Crippen LogP contribution in [-0.2, 0) is 14.3 Å². The van der Waals surface area contributed by atoms with E-state index in [1.54, 1.807) is 13.8 Å². The third kappa shape index (κ3) is 3.81. The lowest BCUT2D eigenvalue weighted by atomic mass is 9.70. The smallest absolute Gasteiger partial charge is 0.311 e. The van der Waals surface area contributed by atoms with Gasteiger partial charge in [-0.25, -0.2) is 0 Å². The van der Waals surface area contributed by atoms with Crippen molar-refractivity contribution in [2.75, 3.05) is 7.11 Å². The van der Waals surface area contributed by atoms with E-state index >= 15 is 0 Å². The predicted octanol–water partition coefficient (Wildman–Crippen LogP) is 5.82. The van der Waals surface area contributed by atoms with Crippen molar-refractivity contribution in [2.45, 2.75) is 53.0 Å². The average Bonchev–Trinajstić information content (AvgIpc) is 3.05. The van der Waals surface area contributed by atoms with Crippen molar-refractivity contribution in [3.8, 4) is 0 Å². The predicted molar refractivity (Wildman–Crippen MR) is 120 cm³/mol. The van der Waals surface area contributed by atoms with Gasteiger partial charge in [0, 0.05) is 27.8 Å². The highest BCUT2D eigenvalue weighted by molar-refractivity contribution is 6.08. The normalized spacial score (nSPS) is 15.1. The summed E-state index contributed by atoms with van der Waals surface area (Å²) in [5, 5.41) is 12.0. The summed E-state index contributed by atoms with van der Waals surface area (Å²) in [4.78, 5) is 24.6. The number of carboxylic acids is 1. The van der Waals surface area contributed by atoms with Crippen LogP contribution in [0.25, 0.3) is 21.8 Å². The van der Waals surface area contributed by atoms with Crippen LogP contribution in [0.2, 0.25) is 0 Å². The number of methoxy groups -OCH3 is 1. The van der Waals surface area contributed by atoms with Gasteiger partial charge in [0.25, 0.3) is 0 Å². The van der Waals surface area contributed by atoms with E-state index in [4.69, 9.17) is 4.74 Å². The maximum absolute atomic E-state index is 12.9. The van der Waals surface area contributed by atoms with Crippen LogP contribution >= 0.6 is 0 Å². The van der Waals surface area contributed by atoms with Crippen LogP contribution in [-0.4, -0.2) is 28.7 Å². The number of aromatic nitrogens is 1. The number of benzene rings is 2. The van der Waals surface area contributed by atoms with E-state index < -0.39 is 16.8 Å². The molecular formula is C25H31NO4. The molecule has 0 aliphatic heterocycles. The Morgan fingerprint density at radius 3 is 1.93 bits per heavy atom. The van der Waals surface area contributed by atoms with Gasteiger partial charge in [-0.3, -0.25) is 9.59 Å². The van der Waals surface area contributed by atoms with Crippen LogP contribution in [0.1, 0.15) is 53.0 Å². The molecule has 5 heteroatoms. The lowest BCUT2D eigenvalue weighted by Gasteiger charge is -2.36. The quantitative estimate of drug-likeness (QED) is 0.476. The minimum Gasteiger partial charge on any atom is -0.481 e. The first kappa shape index (κ1) is 21.9. The molecule has 5 nitrogen and oxygen atoms in total. The zero-order valence-corrected chi connectivity index (χ0v) is 18.4. The number of ether oxygens (including phenoxy) is 1. The molecule has 0 radical (unpaired) electrons. The fraction of sp³-hybridized carbons (Fsp3) is 0.440. The van der Waals surface area contributed by atoms with Crippen LogP contribution in [0.15, 0.2) is 48.5 Å². The van der Waals surface area contributed by atoms with Gasteiger partial charge in [0.2, 0.25) is 0 Å². The number of hydrogen-bond acceptors (Lipinski definition) is 3. The van der Waals surface area contributed by atoms with Crippen LogP contribution < -0.4 is 0 Å². The second-order valence-corrected chi connectivity index (χ2v) is 9.09. The summed E-state index contributed by atoms with van der Waals surface area (Å²) in [7, 11) is 1.37. The van der Waals surface area contributed by atoms with Crippen LogP contribution in [0.5, 0.6) is 0 Å². The third-order valence-corrected chi connectivity index (χ3v) is 6.23. The minimum atomic E-state index is -1.04. The molecule has 160 valence electrons. The number of rotatable bonds is 8. The molecule has 3 rings (SSSR count). The molecule has 0 spiro atoms. The monoisotopic (exact) mass is 409 g/mol. The highest BCUT2D eigenvalue weighted by Gasteiger charge is 2.44. The van der Waals surface area contributed by atoms with Crippen molar-refractivity contribution in [1.82, 2.24) is 4.57 Å². The van der Waals surface area contributed by atoms with Gasteiger partial charge in [-0.2, -0.15) is 0 Å². The Balaban J connectivity index is 2.12. The molecule has 0 aliphatic rings. The third-order valence-electron chi connectivity index (χ3n) is 6.23. The molecule has 0 amide bonds. The number of hydrogen-bond donors (Lipinski definition) is 1. The molecule has 0 saturated carbocycles. The standard InChI is InChI=1S/C25H31NO4/c1-6-17(15-25(4,23(29)30-5)16-24(2,3)22(27)28)26-20-13-9-7-11-18(20)19-12-8-10-14-21(19)26/h7-14,17H,6,15-16H2,1-5H3,(H,27,28). The molecule has 1 N–H and O–H groups in total. The van der Waals surface area contributed by atoms with Crippen molar-refractivity contribution in [3.05, 3.63) is 48.5 Å². The average molecular weight is 410 g/mol. The topological polar surface area (TPSA) is 68.5 Å². The van der Waals surface area contributed by atoms with E-state index in [1.165, 1.54) is 17.9 Å². The molecule has 3 aromatic rings. The van der Waals surface area contributed by atoms with Gasteiger partial charge in [0.05, 0.1) is 17.9 Å². The van der Waals surface area contributed by atoms with Crippen LogP contribution in [0, 0.1) is 10.8 Å². The Morgan fingerprint density at radius 2 is 1.50 bits per heavy atom. The second-order valence-electron chi connectivity index (χ2n) is 9.09. The Labute approximate surface area is 177 Å². The van der Waals surface area contributed by atoms with Crippen LogP contribution in [0.4, 0.5) is 0 Å². The molecule has 30 heavy (non-hydrogen) atoms. The van der Waals surface area contributed by atoms with Crippen molar-refractivity contribution in [3.63, 3.8) is 0 Å². The van der Waals surface area contributed by atoms with Crippen LogP contribution in [0.3, 0.4) is 0 Å². The summed E-state index contributed by atoms with van der Waals surface area (Å²) in [6, 6.07) is 16.6. The number of fused-ring (bicyclic) bond motifs is 3. The Morgan fingerprint density at radius 1 is 1.00 bits per heavy atom. The number of para-hydroxylation sites is 2. The SMILES string of the molecule is CCC(CC(C)(CC(C)(C)C(=O)O)C(=O)OC)n1c2ccccc2c2ccccc21. The summed E-state index contributed by atoms with van der Waals surface area (Å²) in [5.41, 5.74) is 0.275. The summed E-state index contributed by atoms with van der Waals surface area (Å²) in [5.74, 6) is -1.28. The molecule has 0 aliphatic carbocycles. The van der Waals surface area contributed by atoms with E-state index in [9.17, 15) is 14.7 Å². The van der Waals surface area contributed by atoms with Gasteiger partial charge in [0.1, 0.15) is 0 Å². The number of carbonyl (C=O) groups excluding carboxylic acids is 1. The summed E-state index contributed by atoms with van der Waals surface area (Å²) in [6.07, 6.45) is 1.51. The second kappa shape index (κ2) is 8.13. The molecule has 1 aromatic heterocycles. The first-order valence-corrected chi connectivity index (χ1v) is 10.4. The molecule has 0 fully saturated rings. The summed E-state index contributed by atoms with van der Waals surface area (Å²) < 4.78 is 7.44. The maximum Gasteiger partial charge on any atom is 0.311 e. The number of esters is 1. The van der Waals surface area contributed by atoms with Gasteiger partial charge in [0.15, 0.2) is 0 Å². The first-order chi connectivity index (χ1) is 14.1. The van der Waals surface area contributed by atoms with Crippen molar-refractivity contribution in [2.24, 2.45) is 10.8 Å². The number of carbonyl (C=O) groups is 2. The van der Waals surface area contributed by atoms with E-state index in [1.807, 2.05) is 31.2 Å². The zero-order chi connectivity index (χ0) is 22.1. The molecule has 2 aromatic carbocycles. The number of carboxylic acid groups (broad SMARTS) is 1. The Kier molecular flexibility index (Phi) is 5.93. The zero-order valence-electron chi connectivity index (χ0n) is 18.4. The summed E-state index contributed by atoms with van der Waals surface area (Å²) >= 11 is 0. The van der Waals surface area contributed by atoms with Crippen molar-refractivity contribution in [1.29, 1.82) is 0 Å². The van der Waals surface area contributed by atoms with E-state index in [2.05, 4.69) is 35.8 Å². The van der Waals surface area contributed by atoms with E-state index in [0.29, 0.717) is 6.42 Å². The fourth-order valence-corrected chi connectivity index (χ4v) is 4.81. The molecule has 0 bridgehead atoms. The van der Waals surface area contributed by atoms with Crippen molar-refractivity contribution >= 4 is 33.7 Å². The van der Waals surface area contributed by atoms with Gasteiger partial charge in [-0.05, 0) is 52.2 Å². The largest absolute Gasteiger partial charge is 0.481 e. The minimum absolute atomic E-state index is 0.0171. The van der Waals surface area contributed by atoms with E-state index in [0.717, 1.165) is 17.5 Å². The Hall–Kier alpha value is -2.82. The lowest BCUT2D eigenvalue weighted by molar-refractivity contribution is -0.159. The molecule has 2 unspecified atom stereocenters. The van der Waals surface area contributed by atoms with Gasteiger partial charge >= 0.3 is 11.9 Å².